The van der Waals surface area contributed by atoms with E-state index in [1.165, 1.54) is 12.0 Å². The largest absolute Gasteiger partial charge is 0.393 e. The number of nitrogens with zero attached hydrogens (tertiary/aromatic N) is 1. The summed E-state index contributed by atoms with van der Waals surface area (Å²) in [5.74, 6) is 6.07. The Morgan fingerprint density at radius 1 is 1.37 bits per heavy atom. The number of allylic oxidation sites excluding steroid dienone is 2. The van der Waals surface area contributed by atoms with E-state index in [0.29, 0.717) is 24.2 Å². The summed E-state index contributed by atoms with van der Waals surface area (Å²) in [7, 11) is 4.32. The smallest absolute Gasteiger partial charge is 0.236 e. The number of likely N-dealkylation sites (N-methyl/N-ethyl adjacent to an activating group) is 1. The minimum absolute atomic E-state index is 0.0123. The molecule has 6 heteroatoms. The van der Waals surface area contributed by atoms with Crippen LogP contribution in [0, 0.1) is 17.8 Å². The van der Waals surface area contributed by atoms with Gasteiger partial charge >= 0.3 is 0 Å². The SMILES string of the molecule is C[C@H]1C=C2C=C[C@H](C)[C@H](CC[C@@H](O)C[C@@H](O)CC(=O)NN)[C@@]2(N(C)C)CC1. The van der Waals surface area contributed by atoms with Crippen LogP contribution in [0.3, 0.4) is 0 Å². The number of nitrogens with one attached hydrogen (secondary N) is 1. The first-order valence-corrected chi connectivity index (χ1v) is 10.1. The van der Waals surface area contributed by atoms with Crippen LogP contribution in [0.4, 0.5) is 0 Å². The number of hydrogen-bond donors (Lipinski definition) is 4. The maximum absolute atomic E-state index is 11.3. The minimum atomic E-state index is -0.874. The molecule has 0 bridgehead atoms. The number of carbonyl (C=O) groups excluding carboxylic acids is 1. The topological polar surface area (TPSA) is 98.8 Å². The van der Waals surface area contributed by atoms with Crippen molar-refractivity contribution in [2.75, 3.05) is 14.1 Å². The molecule has 2 rings (SSSR count). The maximum atomic E-state index is 11.3. The summed E-state index contributed by atoms with van der Waals surface area (Å²) < 4.78 is 0. The van der Waals surface area contributed by atoms with E-state index >= 15 is 0 Å². The van der Waals surface area contributed by atoms with E-state index in [0.717, 1.165) is 12.8 Å². The maximum Gasteiger partial charge on any atom is 0.236 e. The van der Waals surface area contributed by atoms with Crippen molar-refractivity contribution in [3.05, 3.63) is 23.8 Å². The van der Waals surface area contributed by atoms with Gasteiger partial charge in [-0.15, -0.1) is 0 Å². The van der Waals surface area contributed by atoms with Crippen molar-refractivity contribution in [1.82, 2.24) is 10.3 Å². The van der Waals surface area contributed by atoms with Gasteiger partial charge in [0.1, 0.15) is 0 Å². The van der Waals surface area contributed by atoms with E-state index in [9.17, 15) is 15.0 Å². The van der Waals surface area contributed by atoms with Crippen LogP contribution < -0.4 is 11.3 Å². The van der Waals surface area contributed by atoms with Crippen LogP contribution in [0.25, 0.3) is 0 Å². The summed E-state index contributed by atoms with van der Waals surface area (Å²) in [5.41, 5.74) is 3.43. The Morgan fingerprint density at radius 3 is 2.70 bits per heavy atom. The van der Waals surface area contributed by atoms with Crippen LogP contribution in [0.1, 0.15) is 52.4 Å². The molecule has 5 N–H and O–H groups in total. The molecule has 6 atom stereocenters. The standard InChI is InChI=1S/C21H37N3O3/c1-14-9-10-21(24(3)4)16(11-14)6-5-15(2)19(21)8-7-17(25)12-18(26)13-20(27)23-22/h5-6,11,14-15,17-19,25-26H,7-10,12-13,22H2,1-4H3,(H,23,27)/t14-,15+,17-,18-,19+,21-/m1/s1. The highest BCUT2D eigenvalue weighted by Crippen LogP contribution is 2.49. The molecule has 154 valence electrons. The van der Waals surface area contributed by atoms with E-state index < -0.39 is 18.1 Å². The molecule has 0 aromatic rings. The minimum Gasteiger partial charge on any atom is -0.393 e. The number of fused-ring (bicyclic) bond motifs is 1. The summed E-state index contributed by atoms with van der Waals surface area (Å²) in [5, 5.41) is 20.4. The third-order valence-electron chi connectivity index (χ3n) is 6.51. The molecule has 0 radical (unpaired) electrons. The van der Waals surface area contributed by atoms with Crippen LogP contribution in [-0.2, 0) is 4.79 Å². The fraction of sp³-hybridized carbons (Fsp3) is 0.762. The second-order valence-electron chi connectivity index (χ2n) is 8.67. The third kappa shape index (κ3) is 4.99. The molecule has 0 aromatic carbocycles. The van der Waals surface area contributed by atoms with Crippen LogP contribution in [0.5, 0.6) is 0 Å². The van der Waals surface area contributed by atoms with Crippen molar-refractivity contribution in [3.8, 4) is 0 Å². The van der Waals surface area contributed by atoms with E-state index in [4.69, 9.17) is 5.84 Å². The molecule has 0 heterocycles. The van der Waals surface area contributed by atoms with Gasteiger partial charge in [-0.25, -0.2) is 5.84 Å². The van der Waals surface area contributed by atoms with Crippen molar-refractivity contribution in [1.29, 1.82) is 0 Å². The van der Waals surface area contributed by atoms with Gasteiger partial charge in [0.25, 0.3) is 0 Å². The zero-order valence-electron chi connectivity index (χ0n) is 17.2. The first-order chi connectivity index (χ1) is 12.7. The Bertz CT molecular complexity index is 575. The van der Waals surface area contributed by atoms with Gasteiger partial charge in [0.05, 0.1) is 18.6 Å². The number of carbonyl (C=O) groups is 1. The first-order valence-electron chi connectivity index (χ1n) is 10.1. The summed E-state index contributed by atoms with van der Waals surface area (Å²) in [4.78, 5) is 13.6. The number of amides is 1. The van der Waals surface area contributed by atoms with Crippen molar-refractivity contribution in [2.45, 2.75) is 70.1 Å². The molecule has 0 spiro atoms. The highest BCUT2D eigenvalue weighted by molar-refractivity contribution is 5.75. The van der Waals surface area contributed by atoms with Gasteiger partial charge in [-0.1, -0.05) is 32.1 Å². The van der Waals surface area contributed by atoms with Gasteiger partial charge < -0.3 is 10.2 Å². The summed E-state index contributed by atoms with van der Waals surface area (Å²) >= 11 is 0. The predicted molar refractivity (Wildman–Crippen MR) is 108 cm³/mol. The third-order valence-corrected chi connectivity index (χ3v) is 6.51. The molecule has 0 aromatic heterocycles. The van der Waals surface area contributed by atoms with Gasteiger partial charge in [-0.2, -0.15) is 0 Å². The molecule has 27 heavy (non-hydrogen) atoms. The van der Waals surface area contributed by atoms with Crippen LogP contribution in [0.2, 0.25) is 0 Å². The Kier molecular flexibility index (Phi) is 7.63. The van der Waals surface area contributed by atoms with Crippen molar-refractivity contribution >= 4 is 5.91 Å². The molecule has 0 aliphatic heterocycles. The Labute approximate surface area is 163 Å². The zero-order valence-corrected chi connectivity index (χ0v) is 17.2. The molecule has 0 fully saturated rings. The number of aliphatic hydroxyl groups is 2. The van der Waals surface area contributed by atoms with Gasteiger partial charge in [0, 0.05) is 5.54 Å². The lowest BCUT2D eigenvalue weighted by molar-refractivity contribution is -0.123. The first kappa shape index (κ1) is 22.1. The Morgan fingerprint density at radius 2 is 2.07 bits per heavy atom. The Balaban J connectivity index is 2.06. The van der Waals surface area contributed by atoms with Crippen molar-refractivity contribution in [3.63, 3.8) is 0 Å². The summed E-state index contributed by atoms with van der Waals surface area (Å²) in [6.07, 6.45) is 9.40. The molecule has 6 nitrogen and oxygen atoms in total. The quantitative estimate of drug-likeness (QED) is 0.292. The predicted octanol–water partition coefficient (Wildman–Crippen LogP) is 1.74. The van der Waals surface area contributed by atoms with Crippen molar-refractivity contribution < 1.29 is 15.0 Å². The van der Waals surface area contributed by atoms with E-state index in [-0.39, 0.29) is 18.4 Å². The fourth-order valence-electron chi connectivity index (χ4n) is 5.03. The number of rotatable bonds is 8. The second-order valence-corrected chi connectivity index (χ2v) is 8.67. The number of hydrogen-bond acceptors (Lipinski definition) is 5. The van der Waals surface area contributed by atoms with E-state index in [1.54, 1.807) is 0 Å². The van der Waals surface area contributed by atoms with Gasteiger partial charge in [-0.05, 0) is 69.5 Å². The Hall–Kier alpha value is -1.21. The van der Waals surface area contributed by atoms with E-state index in [2.05, 4.69) is 51.1 Å². The molecular formula is C21H37N3O3. The monoisotopic (exact) mass is 379 g/mol. The molecule has 0 unspecified atom stereocenters. The lowest BCUT2D eigenvalue weighted by Crippen LogP contribution is -2.56. The number of nitrogens with two attached hydrogens (primary N) is 1. The van der Waals surface area contributed by atoms with Crippen LogP contribution in [0.15, 0.2) is 23.8 Å². The highest BCUT2D eigenvalue weighted by atomic mass is 16.3. The van der Waals surface area contributed by atoms with Crippen molar-refractivity contribution in [2.24, 2.45) is 23.6 Å². The molecule has 2 aliphatic carbocycles. The normalized spacial score (nSPS) is 32.6. The molecule has 0 saturated heterocycles. The lowest BCUT2D eigenvalue weighted by atomic mass is 9.60. The highest BCUT2D eigenvalue weighted by Gasteiger charge is 2.48. The van der Waals surface area contributed by atoms with E-state index in [1.807, 2.05) is 5.43 Å². The lowest BCUT2D eigenvalue weighted by Gasteiger charge is -2.53. The van der Waals surface area contributed by atoms with Crippen LogP contribution in [-0.4, -0.2) is 52.9 Å². The molecule has 0 saturated carbocycles. The van der Waals surface area contributed by atoms with Gasteiger partial charge in [0.15, 0.2) is 0 Å². The zero-order chi connectivity index (χ0) is 20.2. The average molecular weight is 380 g/mol. The van der Waals surface area contributed by atoms with Gasteiger partial charge in [0.2, 0.25) is 5.91 Å². The summed E-state index contributed by atoms with van der Waals surface area (Å²) in [6.45, 7) is 4.53. The summed E-state index contributed by atoms with van der Waals surface area (Å²) in [6, 6.07) is 0. The number of aliphatic hydroxyl groups excluding tert-OH is 2. The second kappa shape index (κ2) is 9.32. The molecule has 2 aliphatic rings. The molecule has 1 amide bonds. The van der Waals surface area contributed by atoms with Gasteiger partial charge in [-0.3, -0.25) is 15.1 Å². The fourth-order valence-corrected chi connectivity index (χ4v) is 5.03. The van der Waals surface area contributed by atoms with Crippen LogP contribution >= 0.6 is 0 Å². The average Bonchev–Trinajstić information content (AvgIpc) is 2.60. The number of hydrazine groups is 1. The molecular weight excluding hydrogens is 342 g/mol.